The zero-order chi connectivity index (χ0) is 15.1. The Morgan fingerprint density at radius 2 is 1.69 bits per heavy atom. The molecule has 0 heteroatoms. The van der Waals surface area contributed by atoms with E-state index in [4.69, 9.17) is 4.11 Å². The van der Waals surface area contributed by atoms with Gasteiger partial charge in [0.2, 0.25) is 0 Å². The molecule has 0 radical (unpaired) electrons. The van der Waals surface area contributed by atoms with Gasteiger partial charge in [-0.05, 0) is 40.8 Å². The summed E-state index contributed by atoms with van der Waals surface area (Å²) in [5.41, 5.74) is 2.54. The molecule has 0 unspecified atom stereocenters. The first-order chi connectivity index (χ1) is 8.31. The van der Waals surface area contributed by atoms with Crippen LogP contribution in [0.25, 0.3) is 0 Å². The monoisotopic (exact) mass is 221 g/mol. The van der Waals surface area contributed by atoms with E-state index in [9.17, 15) is 0 Å². The normalized spacial score (nSPS) is 16.5. The summed E-state index contributed by atoms with van der Waals surface area (Å²) in [6.07, 6.45) is 0.889. The molecule has 0 bridgehead atoms. The molecule has 0 N–H and O–H groups in total. The van der Waals surface area contributed by atoms with Crippen LogP contribution in [0.15, 0.2) is 18.2 Å². The average molecular weight is 221 g/mol. The van der Waals surface area contributed by atoms with Crippen LogP contribution in [0.1, 0.15) is 62.3 Å². The molecular formula is C16H26. The summed E-state index contributed by atoms with van der Waals surface area (Å²) >= 11 is 0. The molecule has 0 aliphatic heterocycles. The maximum Gasteiger partial charge on any atom is 0.0280 e. The Hall–Kier alpha value is -0.780. The second-order valence-electron chi connectivity index (χ2n) is 6.87. The molecule has 0 nitrogen and oxygen atoms in total. The summed E-state index contributed by atoms with van der Waals surface area (Å²) < 4.78 is 23.3. The first kappa shape index (κ1) is 9.27. The van der Waals surface area contributed by atoms with Gasteiger partial charge in [-0.1, -0.05) is 59.7 Å². The molecule has 1 aromatic rings. The number of hydrogen-bond donors (Lipinski definition) is 0. The van der Waals surface area contributed by atoms with E-state index in [1.54, 1.807) is 0 Å². The minimum Gasteiger partial charge on any atom is -0.0599 e. The largest absolute Gasteiger partial charge is 0.0599 e. The van der Waals surface area contributed by atoms with E-state index in [1.165, 1.54) is 0 Å². The molecule has 0 atom stereocenters. The zero-order valence-electron chi connectivity index (χ0n) is 14.4. The Morgan fingerprint density at radius 3 is 2.12 bits per heavy atom. The van der Waals surface area contributed by atoms with E-state index in [1.807, 2.05) is 12.1 Å². The lowest BCUT2D eigenvalue weighted by Gasteiger charge is -2.24. The minimum atomic E-state index is -2.05. The summed E-state index contributed by atoms with van der Waals surface area (Å²) in [6, 6.07) is 5.93. The van der Waals surface area contributed by atoms with Gasteiger partial charge in [-0.15, -0.1) is 0 Å². The Labute approximate surface area is 105 Å². The van der Waals surface area contributed by atoms with Crippen molar-refractivity contribution < 1.29 is 4.11 Å². The quantitative estimate of drug-likeness (QED) is 0.634. The zero-order valence-corrected chi connectivity index (χ0v) is 11.4. The van der Waals surface area contributed by atoms with Gasteiger partial charge in [0.25, 0.3) is 0 Å². The molecule has 0 amide bonds. The summed E-state index contributed by atoms with van der Waals surface area (Å²) in [5, 5.41) is 0. The fourth-order valence-corrected chi connectivity index (χ4v) is 1.97. The summed E-state index contributed by atoms with van der Waals surface area (Å²) in [7, 11) is 0. The fourth-order valence-electron chi connectivity index (χ4n) is 1.97. The molecule has 0 heterocycles. The van der Waals surface area contributed by atoms with Crippen molar-refractivity contribution in [1.82, 2.24) is 0 Å². The van der Waals surface area contributed by atoms with Crippen molar-refractivity contribution in [1.29, 1.82) is 0 Å². The highest BCUT2D eigenvalue weighted by Crippen LogP contribution is 2.28. The van der Waals surface area contributed by atoms with Gasteiger partial charge in [0.1, 0.15) is 0 Å². The maximum absolute atomic E-state index is 7.75. The molecule has 0 aromatic heterocycles. The van der Waals surface area contributed by atoms with Gasteiger partial charge in [0, 0.05) is 4.11 Å². The predicted molar refractivity (Wildman–Crippen MR) is 73.0 cm³/mol. The van der Waals surface area contributed by atoms with Crippen molar-refractivity contribution in [2.24, 2.45) is 5.41 Å². The molecule has 16 heavy (non-hydrogen) atoms. The highest BCUT2D eigenvalue weighted by Gasteiger charge is 2.17. The topological polar surface area (TPSA) is 0 Å². The molecule has 0 spiro atoms. The van der Waals surface area contributed by atoms with E-state index in [0.29, 0.717) is 5.56 Å². The highest BCUT2D eigenvalue weighted by molar-refractivity contribution is 5.35. The third-order valence-electron chi connectivity index (χ3n) is 2.63. The summed E-state index contributed by atoms with van der Waals surface area (Å²) in [4.78, 5) is 0. The summed E-state index contributed by atoms with van der Waals surface area (Å²) in [6.45, 7) is 10.6. The molecule has 0 fully saturated rings. The van der Waals surface area contributed by atoms with E-state index in [0.717, 1.165) is 17.5 Å². The molecule has 0 saturated carbocycles. The third kappa shape index (κ3) is 3.66. The van der Waals surface area contributed by atoms with Gasteiger partial charge in [0.15, 0.2) is 0 Å². The van der Waals surface area contributed by atoms with E-state index < -0.39 is 6.85 Å². The van der Waals surface area contributed by atoms with Crippen LogP contribution < -0.4 is 0 Å². The standard InChI is InChI=1S/C16H26/c1-12-10-13(11-15(2,3)4)8-9-14(12)16(5,6)7/h8-10H,11H2,1-7H3/i1D3. The Balaban J connectivity index is 3.33. The first-order valence-corrected chi connectivity index (χ1v) is 5.95. The molecule has 0 aliphatic rings. The first-order valence-electron chi connectivity index (χ1n) is 7.45. The lowest BCUT2D eigenvalue weighted by molar-refractivity contribution is 0.411. The van der Waals surface area contributed by atoms with Gasteiger partial charge in [-0.3, -0.25) is 0 Å². The van der Waals surface area contributed by atoms with E-state index >= 15 is 0 Å². The van der Waals surface area contributed by atoms with E-state index in [-0.39, 0.29) is 10.8 Å². The highest BCUT2D eigenvalue weighted by atomic mass is 14.2. The van der Waals surface area contributed by atoms with Gasteiger partial charge < -0.3 is 0 Å². The van der Waals surface area contributed by atoms with Crippen molar-refractivity contribution in [2.75, 3.05) is 0 Å². The molecule has 90 valence electrons. The fraction of sp³-hybridized carbons (Fsp3) is 0.625. The SMILES string of the molecule is [2H]C([2H])([2H])c1cc(CC(C)(C)C)ccc1C(C)(C)C. The van der Waals surface area contributed by atoms with Crippen LogP contribution in [0.5, 0.6) is 0 Å². The van der Waals surface area contributed by atoms with Crippen molar-refractivity contribution >= 4 is 0 Å². The van der Waals surface area contributed by atoms with Crippen LogP contribution in [0, 0.1) is 12.3 Å². The number of rotatable bonds is 1. The Bertz CT molecular complexity index is 443. The van der Waals surface area contributed by atoms with Crippen molar-refractivity contribution in [2.45, 2.75) is 60.2 Å². The van der Waals surface area contributed by atoms with Crippen LogP contribution in [-0.4, -0.2) is 0 Å². The van der Waals surface area contributed by atoms with Crippen molar-refractivity contribution in [3.63, 3.8) is 0 Å². The van der Waals surface area contributed by atoms with Gasteiger partial charge in [0.05, 0.1) is 0 Å². The number of benzene rings is 1. The van der Waals surface area contributed by atoms with Gasteiger partial charge >= 0.3 is 0 Å². The maximum atomic E-state index is 7.75. The minimum absolute atomic E-state index is 0.149. The van der Waals surface area contributed by atoms with Crippen LogP contribution in [0.2, 0.25) is 0 Å². The number of aryl methyl sites for hydroxylation is 1. The van der Waals surface area contributed by atoms with Gasteiger partial charge in [-0.25, -0.2) is 0 Å². The van der Waals surface area contributed by atoms with Crippen LogP contribution in [-0.2, 0) is 11.8 Å². The lowest BCUT2D eigenvalue weighted by atomic mass is 9.81. The molecule has 0 aliphatic carbocycles. The molecule has 0 saturated heterocycles. The molecular weight excluding hydrogens is 192 g/mol. The van der Waals surface area contributed by atoms with Crippen molar-refractivity contribution in [3.8, 4) is 0 Å². The third-order valence-corrected chi connectivity index (χ3v) is 2.63. The summed E-state index contributed by atoms with van der Waals surface area (Å²) in [5.74, 6) is 0. The second-order valence-corrected chi connectivity index (χ2v) is 6.87. The van der Waals surface area contributed by atoms with Gasteiger partial charge in [-0.2, -0.15) is 0 Å². The van der Waals surface area contributed by atoms with Crippen molar-refractivity contribution in [3.05, 3.63) is 34.9 Å². The Kier molecular flexibility index (Phi) is 2.45. The lowest BCUT2D eigenvalue weighted by Crippen LogP contribution is -2.14. The van der Waals surface area contributed by atoms with E-state index in [2.05, 4.69) is 47.6 Å². The van der Waals surface area contributed by atoms with Crippen LogP contribution in [0.4, 0.5) is 0 Å². The number of hydrogen-bond acceptors (Lipinski definition) is 0. The predicted octanol–water partition coefficient (Wildman–Crippen LogP) is 4.88. The van der Waals surface area contributed by atoms with Crippen LogP contribution in [0.3, 0.4) is 0 Å². The second kappa shape index (κ2) is 4.24. The average Bonchev–Trinajstić information content (AvgIpc) is 2.11. The smallest absolute Gasteiger partial charge is 0.0280 e. The Morgan fingerprint density at radius 1 is 1.06 bits per heavy atom. The van der Waals surface area contributed by atoms with Crippen LogP contribution >= 0.6 is 0 Å². The molecule has 1 aromatic carbocycles. The molecule has 1 rings (SSSR count).